The fraction of sp³-hybridized carbons (Fsp3) is 0.600. The van der Waals surface area contributed by atoms with Crippen molar-refractivity contribution in [2.75, 3.05) is 38.6 Å². The Bertz CT molecular complexity index is 577. The van der Waals surface area contributed by atoms with E-state index in [1.54, 1.807) is 11.8 Å². The fourth-order valence-corrected chi connectivity index (χ4v) is 2.72. The van der Waals surface area contributed by atoms with Crippen LogP contribution in [-0.4, -0.2) is 50.4 Å². The highest BCUT2D eigenvalue weighted by molar-refractivity contribution is 5.93. The van der Waals surface area contributed by atoms with E-state index in [0.717, 1.165) is 24.2 Å². The van der Waals surface area contributed by atoms with E-state index < -0.39 is 0 Å². The Morgan fingerprint density at radius 3 is 2.28 bits per heavy atom. The van der Waals surface area contributed by atoms with Gasteiger partial charge in [0.25, 0.3) is 0 Å². The topological polar surface area (TPSA) is 52.7 Å². The lowest BCUT2D eigenvalue weighted by Crippen LogP contribution is -2.35. The lowest BCUT2D eigenvalue weighted by atomic mass is 9.85. The lowest BCUT2D eigenvalue weighted by Gasteiger charge is -2.29. The maximum Gasteiger partial charge on any atom is 0.223 e. The average molecular weight is 348 g/mol. The predicted molar refractivity (Wildman–Crippen MR) is 104 cm³/mol. The monoisotopic (exact) mass is 347 g/mol. The minimum Gasteiger partial charge on any atom is -0.356 e. The van der Waals surface area contributed by atoms with Crippen molar-refractivity contribution in [3.8, 4) is 0 Å². The summed E-state index contributed by atoms with van der Waals surface area (Å²) < 4.78 is 0. The third kappa shape index (κ3) is 7.26. The molecular weight excluding hydrogens is 314 g/mol. The zero-order valence-corrected chi connectivity index (χ0v) is 16.6. The number of hydrogen-bond acceptors (Lipinski definition) is 3. The smallest absolute Gasteiger partial charge is 0.223 e. The van der Waals surface area contributed by atoms with Crippen LogP contribution in [0.5, 0.6) is 0 Å². The van der Waals surface area contributed by atoms with Crippen molar-refractivity contribution in [3.63, 3.8) is 0 Å². The van der Waals surface area contributed by atoms with Gasteiger partial charge in [-0.05, 0) is 44.1 Å². The van der Waals surface area contributed by atoms with Crippen molar-refractivity contribution < 1.29 is 9.59 Å². The van der Waals surface area contributed by atoms with Gasteiger partial charge in [-0.25, -0.2) is 0 Å². The van der Waals surface area contributed by atoms with Crippen LogP contribution in [0, 0.1) is 0 Å². The van der Waals surface area contributed by atoms with Gasteiger partial charge < -0.3 is 15.1 Å². The lowest BCUT2D eigenvalue weighted by molar-refractivity contribution is -0.121. The van der Waals surface area contributed by atoms with Crippen LogP contribution in [0.4, 0.5) is 5.69 Å². The van der Waals surface area contributed by atoms with Gasteiger partial charge in [-0.2, -0.15) is 0 Å². The highest BCUT2D eigenvalue weighted by Gasteiger charge is 2.23. The third-order valence-electron chi connectivity index (χ3n) is 4.05. The summed E-state index contributed by atoms with van der Waals surface area (Å²) in [5.41, 5.74) is 1.93. The van der Waals surface area contributed by atoms with E-state index in [0.29, 0.717) is 19.5 Å². The summed E-state index contributed by atoms with van der Waals surface area (Å²) in [5, 5.41) is 2.93. The Hall–Kier alpha value is -1.88. The molecule has 1 aromatic rings. The van der Waals surface area contributed by atoms with Crippen LogP contribution in [0.15, 0.2) is 24.3 Å². The molecule has 0 saturated heterocycles. The van der Waals surface area contributed by atoms with E-state index in [2.05, 4.69) is 31.0 Å². The molecule has 0 aliphatic heterocycles. The molecule has 140 valence electrons. The molecule has 0 bridgehead atoms. The first-order valence-electron chi connectivity index (χ1n) is 8.92. The summed E-state index contributed by atoms with van der Waals surface area (Å²) >= 11 is 0. The van der Waals surface area contributed by atoms with Gasteiger partial charge in [0, 0.05) is 32.1 Å². The Morgan fingerprint density at radius 1 is 1.08 bits per heavy atom. The van der Waals surface area contributed by atoms with Crippen LogP contribution in [0.1, 0.15) is 46.1 Å². The number of carbonyl (C=O) groups excluding carboxylic acids is 2. The number of carbonyl (C=O) groups is 2. The number of rotatable bonds is 8. The summed E-state index contributed by atoms with van der Waals surface area (Å²) in [6, 6.07) is 7.92. The van der Waals surface area contributed by atoms with E-state index in [1.807, 2.05) is 38.4 Å². The molecule has 5 heteroatoms. The van der Waals surface area contributed by atoms with Gasteiger partial charge in [0.05, 0.1) is 0 Å². The zero-order chi connectivity index (χ0) is 19.0. The Labute approximate surface area is 152 Å². The summed E-state index contributed by atoms with van der Waals surface area (Å²) in [5.74, 6) is -0.0599. The number of para-hydroxylation sites is 1. The minimum atomic E-state index is -0.0707. The van der Waals surface area contributed by atoms with Crippen molar-refractivity contribution in [2.24, 2.45) is 0 Å². The van der Waals surface area contributed by atoms with Gasteiger partial charge in [-0.15, -0.1) is 0 Å². The molecule has 0 atom stereocenters. The van der Waals surface area contributed by atoms with Gasteiger partial charge in [0.15, 0.2) is 0 Å². The molecule has 1 aromatic carbocycles. The molecule has 1 rings (SSSR count). The van der Waals surface area contributed by atoms with E-state index in [9.17, 15) is 9.59 Å². The zero-order valence-electron chi connectivity index (χ0n) is 16.6. The molecule has 2 amide bonds. The van der Waals surface area contributed by atoms with Crippen LogP contribution in [0.25, 0.3) is 0 Å². The maximum absolute atomic E-state index is 12.2. The average Bonchev–Trinajstić information content (AvgIpc) is 2.50. The van der Waals surface area contributed by atoms with Gasteiger partial charge >= 0.3 is 0 Å². The molecule has 5 nitrogen and oxygen atoms in total. The molecule has 0 spiro atoms. The van der Waals surface area contributed by atoms with Crippen molar-refractivity contribution in [1.29, 1.82) is 0 Å². The Balaban J connectivity index is 2.71. The number of benzene rings is 1. The first-order chi connectivity index (χ1) is 11.6. The minimum absolute atomic E-state index is 0.0155. The van der Waals surface area contributed by atoms with Crippen molar-refractivity contribution >= 4 is 17.5 Å². The highest BCUT2D eigenvalue weighted by Crippen LogP contribution is 2.32. The number of amides is 2. The third-order valence-corrected chi connectivity index (χ3v) is 4.05. The second-order valence-corrected chi connectivity index (χ2v) is 7.69. The molecule has 0 radical (unpaired) electrons. The van der Waals surface area contributed by atoms with E-state index in [1.165, 1.54) is 0 Å². The maximum atomic E-state index is 12.2. The number of hydrogen-bond donors (Lipinski definition) is 1. The molecule has 1 N–H and O–H groups in total. The largest absolute Gasteiger partial charge is 0.356 e. The van der Waals surface area contributed by atoms with Crippen LogP contribution in [-0.2, 0) is 15.0 Å². The van der Waals surface area contributed by atoms with Crippen LogP contribution >= 0.6 is 0 Å². The molecule has 0 fully saturated rings. The first-order valence-corrected chi connectivity index (χ1v) is 8.92. The Kier molecular flexibility index (Phi) is 8.10. The quantitative estimate of drug-likeness (QED) is 0.736. The van der Waals surface area contributed by atoms with Gasteiger partial charge in [0.2, 0.25) is 11.8 Å². The normalized spacial score (nSPS) is 11.5. The molecule has 0 aliphatic rings. The summed E-state index contributed by atoms with van der Waals surface area (Å²) in [4.78, 5) is 28.0. The van der Waals surface area contributed by atoms with E-state index >= 15 is 0 Å². The Morgan fingerprint density at radius 2 is 1.72 bits per heavy atom. The van der Waals surface area contributed by atoms with E-state index in [-0.39, 0.29) is 17.2 Å². The molecule has 0 aliphatic carbocycles. The molecule has 0 aromatic heterocycles. The molecule has 25 heavy (non-hydrogen) atoms. The summed E-state index contributed by atoms with van der Waals surface area (Å²) in [7, 11) is 4.03. The molecule has 0 saturated carbocycles. The van der Waals surface area contributed by atoms with Crippen molar-refractivity contribution in [1.82, 2.24) is 10.2 Å². The second-order valence-electron chi connectivity index (χ2n) is 7.69. The van der Waals surface area contributed by atoms with E-state index in [4.69, 9.17) is 0 Å². The molecule has 0 heterocycles. The van der Waals surface area contributed by atoms with Crippen LogP contribution in [0.2, 0.25) is 0 Å². The standard InChI is InChI=1S/C20H33N3O2/c1-16(24)23(15-12-19(25)21-13-9-14-22(5)6)18-11-8-7-10-17(18)20(2,3)4/h7-8,10-11H,9,12-15H2,1-6H3,(H,21,25). The predicted octanol–water partition coefficient (Wildman–Crippen LogP) is 2.80. The van der Waals surface area contributed by atoms with Gasteiger partial charge in [-0.1, -0.05) is 39.0 Å². The van der Waals surface area contributed by atoms with Gasteiger partial charge in [-0.3, -0.25) is 9.59 Å². The van der Waals surface area contributed by atoms with Crippen LogP contribution in [0.3, 0.4) is 0 Å². The van der Waals surface area contributed by atoms with Crippen molar-refractivity contribution in [3.05, 3.63) is 29.8 Å². The van der Waals surface area contributed by atoms with Crippen LogP contribution < -0.4 is 10.2 Å². The number of nitrogens with zero attached hydrogens (tertiary/aromatic N) is 2. The van der Waals surface area contributed by atoms with Crippen molar-refractivity contribution in [2.45, 2.75) is 46.0 Å². The fourth-order valence-electron chi connectivity index (χ4n) is 2.72. The molecule has 0 unspecified atom stereocenters. The molecular formula is C20H33N3O2. The SMILES string of the molecule is CC(=O)N(CCC(=O)NCCCN(C)C)c1ccccc1C(C)(C)C. The summed E-state index contributed by atoms with van der Waals surface area (Å²) in [6.07, 6.45) is 1.22. The highest BCUT2D eigenvalue weighted by atomic mass is 16.2. The number of anilines is 1. The summed E-state index contributed by atoms with van der Waals surface area (Å²) in [6.45, 7) is 9.93. The van der Waals surface area contributed by atoms with Gasteiger partial charge in [0.1, 0.15) is 0 Å². The number of nitrogens with one attached hydrogen (secondary N) is 1. The first kappa shape index (κ1) is 21.2. The second kappa shape index (κ2) is 9.56.